The monoisotopic (exact) mass is 217 g/mol. The van der Waals surface area contributed by atoms with Gasteiger partial charge in [0.1, 0.15) is 5.75 Å². The molecule has 1 aromatic carbocycles. The highest BCUT2D eigenvalue weighted by molar-refractivity contribution is 5.27. The standard InChI is InChI=1S/C13H15NO2/c1-15-13-4-2-11(3-5-13)8-14-9-12-6-7-16-10-12/h2-7,10,14H,8-9H2,1H3. The minimum absolute atomic E-state index is 0.822. The molecule has 1 heterocycles. The number of rotatable bonds is 5. The third-order valence-electron chi connectivity index (χ3n) is 2.40. The molecule has 0 saturated carbocycles. The van der Waals surface area contributed by atoms with Gasteiger partial charge < -0.3 is 14.5 Å². The topological polar surface area (TPSA) is 34.4 Å². The van der Waals surface area contributed by atoms with Crippen LogP contribution >= 0.6 is 0 Å². The van der Waals surface area contributed by atoms with Crippen molar-refractivity contribution in [2.75, 3.05) is 7.11 Å². The molecular formula is C13H15NO2. The smallest absolute Gasteiger partial charge is 0.118 e. The maximum atomic E-state index is 5.10. The first-order valence-corrected chi connectivity index (χ1v) is 5.23. The van der Waals surface area contributed by atoms with Crippen LogP contribution in [0, 0.1) is 0 Å². The number of methoxy groups -OCH3 is 1. The van der Waals surface area contributed by atoms with Crippen molar-refractivity contribution in [3.05, 3.63) is 54.0 Å². The summed E-state index contributed by atoms with van der Waals surface area (Å²) < 4.78 is 10.1. The van der Waals surface area contributed by atoms with Crippen LogP contribution in [-0.2, 0) is 13.1 Å². The van der Waals surface area contributed by atoms with Gasteiger partial charge in [0.2, 0.25) is 0 Å². The molecule has 0 saturated heterocycles. The summed E-state index contributed by atoms with van der Waals surface area (Å²) in [6, 6.07) is 10.0. The van der Waals surface area contributed by atoms with E-state index in [0.29, 0.717) is 0 Å². The van der Waals surface area contributed by atoms with Crippen LogP contribution in [-0.4, -0.2) is 7.11 Å². The summed E-state index contributed by atoms with van der Waals surface area (Å²) in [7, 11) is 1.67. The quantitative estimate of drug-likeness (QED) is 0.835. The lowest BCUT2D eigenvalue weighted by molar-refractivity contribution is 0.414. The Morgan fingerprint density at radius 3 is 2.44 bits per heavy atom. The molecule has 3 heteroatoms. The Morgan fingerprint density at radius 2 is 1.81 bits per heavy atom. The molecule has 1 aromatic heterocycles. The molecule has 0 aliphatic carbocycles. The highest BCUT2D eigenvalue weighted by Crippen LogP contribution is 2.11. The normalized spacial score (nSPS) is 10.3. The predicted octanol–water partition coefficient (Wildman–Crippen LogP) is 2.58. The van der Waals surface area contributed by atoms with Gasteiger partial charge in [-0.3, -0.25) is 0 Å². The van der Waals surface area contributed by atoms with Gasteiger partial charge in [-0.05, 0) is 23.8 Å². The van der Waals surface area contributed by atoms with Gasteiger partial charge in [-0.25, -0.2) is 0 Å². The molecule has 0 aliphatic heterocycles. The second-order valence-corrected chi connectivity index (χ2v) is 3.58. The Kier molecular flexibility index (Phi) is 3.62. The van der Waals surface area contributed by atoms with Crippen LogP contribution in [0.15, 0.2) is 47.3 Å². The average molecular weight is 217 g/mol. The van der Waals surface area contributed by atoms with Crippen molar-refractivity contribution in [1.82, 2.24) is 5.32 Å². The van der Waals surface area contributed by atoms with Crippen LogP contribution in [0.5, 0.6) is 5.75 Å². The highest BCUT2D eigenvalue weighted by Gasteiger charge is 1.96. The molecule has 0 fully saturated rings. The van der Waals surface area contributed by atoms with E-state index in [4.69, 9.17) is 9.15 Å². The van der Waals surface area contributed by atoms with E-state index in [-0.39, 0.29) is 0 Å². The van der Waals surface area contributed by atoms with Gasteiger partial charge in [0.15, 0.2) is 0 Å². The van der Waals surface area contributed by atoms with E-state index in [2.05, 4.69) is 17.4 Å². The Morgan fingerprint density at radius 1 is 1.06 bits per heavy atom. The zero-order valence-electron chi connectivity index (χ0n) is 9.27. The number of benzene rings is 1. The Labute approximate surface area is 95.0 Å². The summed E-state index contributed by atoms with van der Waals surface area (Å²) >= 11 is 0. The van der Waals surface area contributed by atoms with Crippen LogP contribution in [0.4, 0.5) is 0 Å². The number of hydrogen-bond acceptors (Lipinski definition) is 3. The van der Waals surface area contributed by atoms with E-state index in [1.165, 1.54) is 5.56 Å². The molecular weight excluding hydrogens is 202 g/mol. The van der Waals surface area contributed by atoms with Crippen molar-refractivity contribution >= 4 is 0 Å². The first-order valence-electron chi connectivity index (χ1n) is 5.23. The Bertz CT molecular complexity index is 406. The van der Waals surface area contributed by atoms with Gasteiger partial charge >= 0.3 is 0 Å². The van der Waals surface area contributed by atoms with E-state index in [9.17, 15) is 0 Å². The van der Waals surface area contributed by atoms with Crippen LogP contribution in [0.1, 0.15) is 11.1 Å². The lowest BCUT2D eigenvalue weighted by Gasteiger charge is -2.04. The second kappa shape index (κ2) is 5.37. The molecule has 16 heavy (non-hydrogen) atoms. The SMILES string of the molecule is COc1ccc(CNCc2ccoc2)cc1. The molecule has 0 bridgehead atoms. The van der Waals surface area contributed by atoms with E-state index < -0.39 is 0 Å². The molecule has 0 aliphatic rings. The fraction of sp³-hybridized carbons (Fsp3) is 0.231. The summed E-state index contributed by atoms with van der Waals surface area (Å²) in [5.74, 6) is 0.888. The zero-order valence-corrected chi connectivity index (χ0v) is 9.27. The Hall–Kier alpha value is -1.74. The number of ether oxygens (including phenoxy) is 1. The zero-order chi connectivity index (χ0) is 11.2. The maximum Gasteiger partial charge on any atom is 0.118 e. The molecule has 1 N–H and O–H groups in total. The van der Waals surface area contributed by atoms with Gasteiger partial charge in [-0.1, -0.05) is 12.1 Å². The molecule has 0 atom stereocenters. The summed E-state index contributed by atoms with van der Waals surface area (Å²) in [6.45, 7) is 1.66. The number of furan rings is 1. The van der Waals surface area contributed by atoms with Gasteiger partial charge in [0.05, 0.1) is 19.6 Å². The van der Waals surface area contributed by atoms with Crippen molar-refractivity contribution < 1.29 is 9.15 Å². The summed E-state index contributed by atoms with van der Waals surface area (Å²) in [5.41, 5.74) is 2.40. The minimum Gasteiger partial charge on any atom is -0.497 e. The molecule has 0 unspecified atom stereocenters. The maximum absolute atomic E-state index is 5.10. The van der Waals surface area contributed by atoms with E-state index in [1.54, 1.807) is 19.6 Å². The van der Waals surface area contributed by atoms with Gasteiger partial charge in [-0.2, -0.15) is 0 Å². The Balaban J connectivity index is 1.81. The average Bonchev–Trinajstić information content (AvgIpc) is 2.83. The lowest BCUT2D eigenvalue weighted by atomic mass is 10.2. The molecule has 0 radical (unpaired) electrons. The first-order chi connectivity index (χ1) is 7.88. The van der Waals surface area contributed by atoms with Crippen LogP contribution in [0.25, 0.3) is 0 Å². The van der Waals surface area contributed by atoms with Crippen LogP contribution in [0.2, 0.25) is 0 Å². The van der Waals surface area contributed by atoms with Crippen molar-refractivity contribution in [2.24, 2.45) is 0 Å². The third-order valence-corrected chi connectivity index (χ3v) is 2.40. The van der Waals surface area contributed by atoms with Crippen LogP contribution < -0.4 is 10.1 Å². The van der Waals surface area contributed by atoms with Crippen molar-refractivity contribution in [3.63, 3.8) is 0 Å². The van der Waals surface area contributed by atoms with E-state index >= 15 is 0 Å². The minimum atomic E-state index is 0.822. The molecule has 0 amide bonds. The summed E-state index contributed by atoms with van der Waals surface area (Å²) in [5, 5.41) is 3.34. The third kappa shape index (κ3) is 2.87. The summed E-state index contributed by atoms with van der Waals surface area (Å²) in [6.07, 6.45) is 3.44. The first kappa shape index (κ1) is 10.8. The predicted molar refractivity (Wildman–Crippen MR) is 62.2 cm³/mol. The summed E-state index contributed by atoms with van der Waals surface area (Å²) in [4.78, 5) is 0. The number of nitrogens with one attached hydrogen (secondary N) is 1. The lowest BCUT2D eigenvalue weighted by Crippen LogP contribution is -2.11. The molecule has 0 spiro atoms. The fourth-order valence-electron chi connectivity index (χ4n) is 1.49. The van der Waals surface area contributed by atoms with Crippen LogP contribution in [0.3, 0.4) is 0 Å². The molecule has 2 aromatic rings. The van der Waals surface area contributed by atoms with Crippen molar-refractivity contribution in [3.8, 4) is 5.75 Å². The van der Waals surface area contributed by atoms with E-state index in [1.807, 2.05) is 18.2 Å². The largest absolute Gasteiger partial charge is 0.497 e. The van der Waals surface area contributed by atoms with Gasteiger partial charge in [0.25, 0.3) is 0 Å². The van der Waals surface area contributed by atoms with E-state index in [0.717, 1.165) is 24.4 Å². The number of hydrogen-bond donors (Lipinski definition) is 1. The highest BCUT2D eigenvalue weighted by atomic mass is 16.5. The molecule has 3 nitrogen and oxygen atoms in total. The van der Waals surface area contributed by atoms with Gasteiger partial charge in [0, 0.05) is 18.7 Å². The van der Waals surface area contributed by atoms with Crippen molar-refractivity contribution in [2.45, 2.75) is 13.1 Å². The molecule has 84 valence electrons. The van der Waals surface area contributed by atoms with Gasteiger partial charge in [-0.15, -0.1) is 0 Å². The fourth-order valence-corrected chi connectivity index (χ4v) is 1.49. The van der Waals surface area contributed by atoms with Crippen molar-refractivity contribution in [1.29, 1.82) is 0 Å². The second-order valence-electron chi connectivity index (χ2n) is 3.58. The molecule has 2 rings (SSSR count).